The molecule has 0 radical (unpaired) electrons. The molecule has 0 saturated heterocycles. The fourth-order valence-electron chi connectivity index (χ4n) is 2.31. The fraction of sp³-hybridized carbons (Fsp3) is 0.300. The Morgan fingerprint density at radius 2 is 1.85 bits per heavy atom. The van der Waals surface area contributed by atoms with Gasteiger partial charge in [-0.15, -0.1) is 0 Å². The molecule has 2 rings (SSSR count). The first-order valence-corrected chi connectivity index (χ1v) is 9.65. The molecule has 0 aliphatic carbocycles. The zero-order valence-electron chi connectivity index (χ0n) is 15.4. The van der Waals surface area contributed by atoms with Crippen molar-refractivity contribution in [3.63, 3.8) is 0 Å². The van der Waals surface area contributed by atoms with E-state index in [-0.39, 0.29) is 18.5 Å². The van der Waals surface area contributed by atoms with E-state index in [0.29, 0.717) is 28.6 Å². The Kier molecular flexibility index (Phi) is 7.68. The Morgan fingerprint density at radius 3 is 2.48 bits per heavy atom. The summed E-state index contributed by atoms with van der Waals surface area (Å²) in [5.74, 6) is -0.136. The second-order valence-electron chi connectivity index (χ2n) is 5.99. The number of nitrogens with one attached hydrogen (secondary N) is 1. The van der Waals surface area contributed by atoms with E-state index in [0.717, 1.165) is 22.0 Å². The summed E-state index contributed by atoms with van der Waals surface area (Å²) in [6, 6.07) is 8.29. The van der Waals surface area contributed by atoms with Crippen molar-refractivity contribution in [2.45, 2.75) is 27.2 Å². The molecule has 0 heterocycles. The Hall–Kier alpha value is -2.05. The van der Waals surface area contributed by atoms with Gasteiger partial charge in [0.1, 0.15) is 5.75 Å². The zero-order chi connectivity index (χ0) is 20.0. The molecule has 0 bridgehead atoms. The minimum Gasteiger partial charge on any atom is -0.483 e. The summed E-state index contributed by atoms with van der Waals surface area (Å²) < 4.78 is 11.4. The van der Waals surface area contributed by atoms with Crippen molar-refractivity contribution in [3.8, 4) is 5.75 Å². The standard InChI is InChI=1S/C20H21BrClNO4/c1-4-9-26-20(25)14-5-7-15(8-6-14)23-17(24)11-27-16-10-12(2)19(22)13(3)18(16)21/h5-8,10H,4,9,11H2,1-3H3,(H,23,24). The SMILES string of the molecule is CCCOC(=O)c1ccc(NC(=O)COc2cc(C)c(Cl)c(C)c2Br)cc1. The topological polar surface area (TPSA) is 64.6 Å². The highest BCUT2D eigenvalue weighted by Crippen LogP contribution is 2.35. The van der Waals surface area contributed by atoms with E-state index in [1.165, 1.54) is 0 Å². The monoisotopic (exact) mass is 453 g/mol. The van der Waals surface area contributed by atoms with Crippen LogP contribution in [0.4, 0.5) is 5.69 Å². The molecule has 0 saturated carbocycles. The summed E-state index contributed by atoms with van der Waals surface area (Å²) in [6.45, 7) is 5.91. The molecule has 0 unspecified atom stereocenters. The third-order valence-corrected chi connectivity index (χ3v) is 5.34. The Labute approximate surface area is 172 Å². The van der Waals surface area contributed by atoms with Gasteiger partial charge in [0.2, 0.25) is 0 Å². The number of amides is 1. The number of aryl methyl sites for hydroxylation is 1. The van der Waals surface area contributed by atoms with Gasteiger partial charge in [-0.25, -0.2) is 4.79 Å². The first-order valence-electron chi connectivity index (χ1n) is 8.48. The molecule has 144 valence electrons. The predicted octanol–water partition coefficient (Wildman–Crippen LogP) is 5.30. The van der Waals surface area contributed by atoms with Gasteiger partial charge >= 0.3 is 5.97 Å². The summed E-state index contributed by atoms with van der Waals surface area (Å²) in [5.41, 5.74) is 2.74. The largest absolute Gasteiger partial charge is 0.483 e. The van der Waals surface area contributed by atoms with Crippen LogP contribution in [-0.4, -0.2) is 25.1 Å². The number of anilines is 1. The predicted molar refractivity (Wildman–Crippen MR) is 110 cm³/mol. The van der Waals surface area contributed by atoms with Crippen LogP contribution in [0.5, 0.6) is 5.75 Å². The molecule has 5 nitrogen and oxygen atoms in total. The average molecular weight is 455 g/mol. The molecular weight excluding hydrogens is 434 g/mol. The average Bonchev–Trinajstić information content (AvgIpc) is 2.66. The highest BCUT2D eigenvalue weighted by molar-refractivity contribution is 9.10. The number of esters is 1. The van der Waals surface area contributed by atoms with E-state index in [1.807, 2.05) is 20.8 Å². The van der Waals surface area contributed by atoms with Gasteiger partial charge in [0.25, 0.3) is 5.91 Å². The summed E-state index contributed by atoms with van der Waals surface area (Å²) in [4.78, 5) is 23.9. The number of halogens is 2. The summed E-state index contributed by atoms with van der Waals surface area (Å²) in [6.07, 6.45) is 0.767. The number of benzene rings is 2. The molecule has 0 spiro atoms. The van der Waals surface area contributed by atoms with Gasteiger partial charge in [-0.2, -0.15) is 0 Å². The van der Waals surface area contributed by atoms with Crippen molar-refractivity contribution in [1.29, 1.82) is 0 Å². The lowest BCUT2D eigenvalue weighted by Crippen LogP contribution is -2.20. The summed E-state index contributed by atoms with van der Waals surface area (Å²) >= 11 is 9.63. The van der Waals surface area contributed by atoms with Gasteiger partial charge in [0, 0.05) is 10.7 Å². The van der Waals surface area contributed by atoms with Crippen LogP contribution in [-0.2, 0) is 9.53 Å². The minimum atomic E-state index is -0.378. The van der Waals surface area contributed by atoms with Gasteiger partial charge in [-0.3, -0.25) is 4.79 Å². The van der Waals surface area contributed by atoms with Crippen LogP contribution >= 0.6 is 27.5 Å². The van der Waals surface area contributed by atoms with E-state index < -0.39 is 0 Å². The molecule has 0 atom stereocenters. The molecule has 2 aromatic rings. The number of carbonyl (C=O) groups is 2. The molecular formula is C20H21BrClNO4. The highest BCUT2D eigenvalue weighted by atomic mass is 79.9. The van der Waals surface area contributed by atoms with Crippen LogP contribution in [0.1, 0.15) is 34.8 Å². The second-order valence-corrected chi connectivity index (χ2v) is 7.17. The molecule has 0 aromatic heterocycles. The Bertz CT molecular complexity index is 837. The van der Waals surface area contributed by atoms with Gasteiger partial charge in [-0.05, 0) is 77.7 Å². The molecule has 0 aliphatic heterocycles. The number of ether oxygens (including phenoxy) is 2. The van der Waals surface area contributed by atoms with Crippen LogP contribution < -0.4 is 10.1 Å². The first kappa shape index (κ1) is 21.3. The van der Waals surface area contributed by atoms with Crippen molar-refractivity contribution in [1.82, 2.24) is 0 Å². The second kappa shape index (κ2) is 9.76. The number of carbonyl (C=O) groups excluding carboxylic acids is 2. The summed E-state index contributed by atoms with van der Waals surface area (Å²) in [7, 11) is 0. The first-order chi connectivity index (χ1) is 12.8. The van der Waals surface area contributed by atoms with E-state index in [9.17, 15) is 9.59 Å². The van der Waals surface area contributed by atoms with E-state index in [1.54, 1.807) is 30.3 Å². The van der Waals surface area contributed by atoms with Crippen molar-refractivity contribution in [2.75, 3.05) is 18.5 Å². The normalized spacial score (nSPS) is 10.4. The quantitative estimate of drug-likeness (QED) is 0.576. The van der Waals surface area contributed by atoms with Crippen LogP contribution in [0.25, 0.3) is 0 Å². The zero-order valence-corrected chi connectivity index (χ0v) is 17.7. The molecule has 2 aromatic carbocycles. The lowest BCUT2D eigenvalue weighted by Gasteiger charge is -2.13. The van der Waals surface area contributed by atoms with Crippen LogP contribution in [0, 0.1) is 13.8 Å². The third kappa shape index (κ3) is 5.71. The number of hydrogen-bond acceptors (Lipinski definition) is 4. The maximum Gasteiger partial charge on any atom is 0.338 e. The smallest absolute Gasteiger partial charge is 0.338 e. The number of rotatable bonds is 7. The van der Waals surface area contributed by atoms with Gasteiger partial charge in [0.15, 0.2) is 6.61 Å². The third-order valence-electron chi connectivity index (χ3n) is 3.77. The highest BCUT2D eigenvalue weighted by Gasteiger charge is 2.13. The van der Waals surface area contributed by atoms with Gasteiger partial charge in [-0.1, -0.05) is 18.5 Å². The molecule has 1 amide bonds. The van der Waals surface area contributed by atoms with Crippen LogP contribution in [0.2, 0.25) is 5.02 Å². The van der Waals surface area contributed by atoms with E-state index in [2.05, 4.69) is 21.2 Å². The van der Waals surface area contributed by atoms with Crippen LogP contribution in [0.15, 0.2) is 34.8 Å². The van der Waals surface area contributed by atoms with Gasteiger partial charge in [0.05, 0.1) is 16.6 Å². The Balaban J connectivity index is 1.94. The molecule has 7 heteroatoms. The Morgan fingerprint density at radius 1 is 1.19 bits per heavy atom. The van der Waals surface area contributed by atoms with Crippen molar-refractivity contribution in [3.05, 3.63) is 56.5 Å². The minimum absolute atomic E-state index is 0.153. The van der Waals surface area contributed by atoms with E-state index in [4.69, 9.17) is 21.1 Å². The lowest BCUT2D eigenvalue weighted by molar-refractivity contribution is -0.118. The molecule has 0 fully saturated rings. The maximum absolute atomic E-state index is 12.1. The fourth-order valence-corrected chi connectivity index (χ4v) is 3.00. The molecule has 1 N–H and O–H groups in total. The van der Waals surface area contributed by atoms with Crippen molar-refractivity contribution < 1.29 is 19.1 Å². The summed E-state index contributed by atoms with van der Waals surface area (Å²) in [5, 5.41) is 3.39. The molecule has 0 aliphatic rings. The molecule has 27 heavy (non-hydrogen) atoms. The van der Waals surface area contributed by atoms with E-state index >= 15 is 0 Å². The number of hydrogen-bond donors (Lipinski definition) is 1. The van der Waals surface area contributed by atoms with Crippen LogP contribution in [0.3, 0.4) is 0 Å². The lowest BCUT2D eigenvalue weighted by atomic mass is 10.1. The van der Waals surface area contributed by atoms with Crippen molar-refractivity contribution >= 4 is 45.1 Å². The van der Waals surface area contributed by atoms with Gasteiger partial charge < -0.3 is 14.8 Å². The van der Waals surface area contributed by atoms with Crippen molar-refractivity contribution in [2.24, 2.45) is 0 Å². The maximum atomic E-state index is 12.1.